The Morgan fingerprint density at radius 1 is 1.26 bits per heavy atom. The van der Waals surface area contributed by atoms with Gasteiger partial charge in [0.05, 0.1) is 0 Å². The summed E-state index contributed by atoms with van der Waals surface area (Å²) in [4.78, 5) is 18.7. The Hall–Kier alpha value is -2.14. The minimum atomic E-state index is 0.166. The highest BCUT2D eigenvalue weighted by molar-refractivity contribution is 5.78. The predicted octanol–water partition coefficient (Wildman–Crippen LogP) is 2.14. The maximum atomic E-state index is 12.2. The number of hydrogen-bond acceptors (Lipinski definition) is 3. The number of rotatable bonds is 4. The molecule has 0 aliphatic carbocycles. The smallest absolute Gasteiger partial charge is 0.223 e. The average molecular weight is 312 g/mol. The first-order chi connectivity index (χ1) is 11.1. The van der Waals surface area contributed by atoms with Gasteiger partial charge in [0, 0.05) is 30.5 Å². The normalized spacial score (nSPS) is 16.4. The first-order valence-electron chi connectivity index (χ1n) is 8.19. The molecule has 2 heterocycles. The van der Waals surface area contributed by atoms with Gasteiger partial charge in [-0.3, -0.25) is 4.79 Å². The second-order valence-electron chi connectivity index (χ2n) is 6.31. The number of piperidine rings is 1. The second kappa shape index (κ2) is 6.96. The van der Waals surface area contributed by atoms with Crippen molar-refractivity contribution in [3.05, 3.63) is 48.0 Å². The summed E-state index contributed by atoms with van der Waals surface area (Å²) in [5.41, 5.74) is 2.21. The van der Waals surface area contributed by atoms with Crippen LogP contribution in [0.4, 0.5) is 0 Å². The summed E-state index contributed by atoms with van der Waals surface area (Å²) in [5, 5.41) is 3.07. The summed E-state index contributed by atoms with van der Waals surface area (Å²) < 4.78 is 2.04. The Morgan fingerprint density at radius 2 is 1.96 bits per heavy atom. The Kier molecular flexibility index (Phi) is 4.76. The molecule has 2 aromatic rings. The highest BCUT2D eigenvalue weighted by Crippen LogP contribution is 2.16. The third-order valence-electron chi connectivity index (χ3n) is 4.60. The van der Waals surface area contributed by atoms with Crippen molar-refractivity contribution in [3.8, 4) is 5.69 Å². The van der Waals surface area contributed by atoms with Crippen LogP contribution in [0.2, 0.25) is 0 Å². The molecule has 1 aliphatic heterocycles. The molecule has 122 valence electrons. The zero-order valence-electron chi connectivity index (χ0n) is 13.8. The largest absolute Gasteiger partial charge is 0.352 e. The summed E-state index contributed by atoms with van der Waals surface area (Å²) in [5.74, 6) is 1.32. The summed E-state index contributed by atoms with van der Waals surface area (Å²) in [6.07, 6.45) is 5.67. The van der Waals surface area contributed by atoms with Crippen molar-refractivity contribution in [3.63, 3.8) is 0 Å². The van der Waals surface area contributed by atoms with E-state index in [2.05, 4.69) is 46.5 Å². The highest BCUT2D eigenvalue weighted by atomic mass is 16.1. The monoisotopic (exact) mass is 312 g/mol. The zero-order valence-corrected chi connectivity index (χ0v) is 13.8. The number of nitrogens with one attached hydrogen (secondary N) is 1. The van der Waals surface area contributed by atoms with E-state index in [1.54, 1.807) is 6.20 Å². The molecule has 1 aromatic carbocycles. The van der Waals surface area contributed by atoms with Crippen LogP contribution in [-0.4, -0.2) is 40.5 Å². The van der Waals surface area contributed by atoms with Crippen LogP contribution >= 0.6 is 0 Å². The van der Waals surface area contributed by atoms with Crippen LogP contribution in [0.1, 0.15) is 24.2 Å². The van der Waals surface area contributed by atoms with E-state index >= 15 is 0 Å². The fourth-order valence-electron chi connectivity index (χ4n) is 3.03. The number of carbonyl (C=O) groups is 1. The van der Waals surface area contributed by atoms with Gasteiger partial charge in [-0.15, -0.1) is 0 Å². The highest BCUT2D eigenvalue weighted by Gasteiger charge is 2.22. The number of imidazole rings is 1. The van der Waals surface area contributed by atoms with E-state index in [4.69, 9.17) is 0 Å². The van der Waals surface area contributed by atoms with E-state index in [0.29, 0.717) is 6.54 Å². The van der Waals surface area contributed by atoms with E-state index in [1.165, 1.54) is 0 Å². The van der Waals surface area contributed by atoms with Gasteiger partial charge in [-0.25, -0.2) is 4.98 Å². The van der Waals surface area contributed by atoms with Crippen LogP contribution < -0.4 is 5.32 Å². The molecule has 3 rings (SSSR count). The summed E-state index contributed by atoms with van der Waals surface area (Å²) in [6.45, 7) is 4.60. The molecule has 5 heteroatoms. The Labute approximate surface area is 137 Å². The van der Waals surface area contributed by atoms with Crippen LogP contribution in [-0.2, 0) is 11.3 Å². The molecular formula is C18H24N4O. The van der Waals surface area contributed by atoms with E-state index in [1.807, 2.05) is 17.7 Å². The second-order valence-corrected chi connectivity index (χ2v) is 6.31. The maximum absolute atomic E-state index is 12.2. The fourth-order valence-corrected chi connectivity index (χ4v) is 3.03. The molecule has 1 amide bonds. The Morgan fingerprint density at radius 3 is 2.57 bits per heavy atom. The van der Waals surface area contributed by atoms with Crippen molar-refractivity contribution < 1.29 is 4.79 Å². The van der Waals surface area contributed by atoms with Gasteiger partial charge in [0.15, 0.2) is 0 Å². The number of aryl methyl sites for hydroxylation is 1. The lowest BCUT2D eigenvalue weighted by Crippen LogP contribution is -2.38. The lowest BCUT2D eigenvalue weighted by atomic mass is 9.96. The van der Waals surface area contributed by atoms with E-state index in [-0.39, 0.29) is 11.8 Å². The topological polar surface area (TPSA) is 50.2 Å². The number of likely N-dealkylation sites (tertiary alicyclic amines) is 1. The summed E-state index contributed by atoms with van der Waals surface area (Å²) in [7, 11) is 2.11. The molecule has 1 N–H and O–H groups in total. The van der Waals surface area contributed by atoms with Gasteiger partial charge in [0.25, 0.3) is 0 Å². The SMILES string of the molecule is Cc1nccn1-c1ccc(CNC(=O)C2CCN(C)CC2)cc1. The molecule has 1 aliphatic rings. The molecule has 1 saturated heterocycles. The van der Waals surface area contributed by atoms with Gasteiger partial charge in [0.2, 0.25) is 5.91 Å². The number of hydrogen-bond donors (Lipinski definition) is 1. The standard InChI is InChI=1S/C18H24N4O/c1-14-19-9-12-22(14)17-5-3-15(4-6-17)13-20-18(23)16-7-10-21(2)11-8-16/h3-6,9,12,16H,7-8,10-11,13H2,1-2H3,(H,20,23). The van der Waals surface area contributed by atoms with Crippen LogP contribution in [0.5, 0.6) is 0 Å². The lowest BCUT2D eigenvalue weighted by molar-refractivity contribution is -0.126. The van der Waals surface area contributed by atoms with Crippen LogP contribution in [0.25, 0.3) is 5.69 Å². The van der Waals surface area contributed by atoms with E-state index in [0.717, 1.165) is 43.0 Å². The summed E-state index contributed by atoms with van der Waals surface area (Å²) >= 11 is 0. The van der Waals surface area contributed by atoms with Gasteiger partial charge in [-0.2, -0.15) is 0 Å². The zero-order chi connectivity index (χ0) is 16.2. The molecule has 0 saturated carbocycles. The van der Waals surface area contributed by atoms with E-state index < -0.39 is 0 Å². The first kappa shape index (κ1) is 15.7. The van der Waals surface area contributed by atoms with Crippen molar-refractivity contribution in [1.82, 2.24) is 19.8 Å². The average Bonchev–Trinajstić information content (AvgIpc) is 3.00. The Bertz CT molecular complexity index is 654. The molecule has 0 unspecified atom stereocenters. The van der Waals surface area contributed by atoms with Gasteiger partial charge in [-0.05, 0) is 57.6 Å². The Balaban J connectivity index is 1.54. The predicted molar refractivity (Wildman–Crippen MR) is 90.4 cm³/mol. The molecule has 0 radical (unpaired) electrons. The first-order valence-corrected chi connectivity index (χ1v) is 8.19. The maximum Gasteiger partial charge on any atom is 0.223 e. The van der Waals surface area contributed by atoms with Crippen molar-refractivity contribution in [1.29, 1.82) is 0 Å². The molecule has 1 fully saturated rings. The van der Waals surface area contributed by atoms with Gasteiger partial charge in [0.1, 0.15) is 5.82 Å². The third-order valence-corrected chi connectivity index (χ3v) is 4.60. The van der Waals surface area contributed by atoms with E-state index in [9.17, 15) is 4.79 Å². The van der Waals surface area contributed by atoms with Crippen molar-refractivity contribution in [2.45, 2.75) is 26.3 Å². The number of aromatic nitrogens is 2. The molecule has 5 nitrogen and oxygen atoms in total. The molecule has 23 heavy (non-hydrogen) atoms. The third kappa shape index (κ3) is 3.79. The quantitative estimate of drug-likeness (QED) is 0.941. The number of carbonyl (C=O) groups excluding carboxylic acids is 1. The lowest BCUT2D eigenvalue weighted by Gasteiger charge is -2.28. The molecule has 1 aromatic heterocycles. The van der Waals surface area contributed by atoms with Crippen LogP contribution in [0, 0.1) is 12.8 Å². The van der Waals surface area contributed by atoms with Gasteiger partial charge >= 0.3 is 0 Å². The van der Waals surface area contributed by atoms with Crippen molar-refractivity contribution in [2.24, 2.45) is 5.92 Å². The number of benzene rings is 1. The van der Waals surface area contributed by atoms with Crippen LogP contribution in [0.15, 0.2) is 36.7 Å². The molecule has 0 bridgehead atoms. The van der Waals surface area contributed by atoms with Gasteiger partial charge in [-0.1, -0.05) is 12.1 Å². The molecule has 0 atom stereocenters. The van der Waals surface area contributed by atoms with Crippen LogP contribution in [0.3, 0.4) is 0 Å². The summed E-state index contributed by atoms with van der Waals surface area (Å²) in [6, 6.07) is 8.24. The van der Waals surface area contributed by atoms with Gasteiger partial charge < -0.3 is 14.8 Å². The van der Waals surface area contributed by atoms with Crippen molar-refractivity contribution in [2.75, 3.05) is 20.1 Å². The molecular weight excluding hydrogens is 288 g/mol. The minimum Gasteiger partial charge on any atom is -0.352 e. The number of nitrogens with zero attached hydrogens (tertiary/aromatic N) is 3. The minimum absolute atomic E-state index is 0.166. The fraction of sp³-hybridized carbons (Fsp3) is 0.444. The number of amides is 1. The molecule has 0 spiro atoms. The van der Waals surface area contributed by atoms with Crippen molar-refractivity contribution >= 4 is 5.91 Å².